The second-order valence-electron chi connectivity index (χ2n) is 3.77. The summed E-state index contributed by atoms with van der Waals surface area (Å²) in [4.78, 5) is 10.5. The maximum atomic E-state index is 10.5. The molecule has 1 atom stereocenters. The van der Waals surface area contributed by atoms with Crippen LogP contribution in [0.4, 0.5) is 0 Å². The minimum Gasteiger partial charge on any atom is -0.478 e. The highest BCUT2D eigenvalue weighted by molar-refractivity contribution is 5.80. The van der Waals surface area contributed by atoms with Gasteiger partial charge in [0.1, 0.15) is 0 Å². The van der Waals surface area contributed by atoms with Gasteiger partial charge in [-0.2, -0.15) is 0 Å². The van der Waals surface area contributed by atoms with Gasteiger partial charge in [0.15, 0.2) is 0 Å². The number of hydrogen-bond acceptors (Lipinski definition) is 4. The average Bonchev–Trinajstić information content (AvgIpc) is 2.15. The van der Waals surface area contributed by atoms with Crippen molar-refractivity contribution in [1.82, 2.24) is 0 Å². The Labute approximate surface area is 96.0 Å². The van der Waals surface area contributed by atoms with Crippen LogP contribution in [0.15, 0.2) is 11.6 Å². The molecule has 0 aliphatic heterocycles. The van der Waals surface area contributed by atoms with Crippen LogP contribution in [0.5, 0.6) is 0 Å². The highest BCUT2D eigenvalue weighted by Crippen LogP contribution is 2.22. The van der Waals surface area contributed by atoms with Crippen LogP contribution in [0.3, 0.4) is 0 Å². The summed E-state index contributed by atoms with van der Waals surface area (Å²) < 4.78 is 15.6. The van der Waals surface area contributed by atoms with Crippen molar-refractivity contribution in [1.29, 1.82) is 0 Å². The van der Waals surface area contributed by atoms with Gasteiger partial charge in [-0.3, -0.25) is 0 Å². The fourth-order valence-corrected chi connectivity index (χ4v) is 0.979. The van der Waals surface area contributed by atoms with Crippen LogP contribution in [0.1, 0.15) is 27.7 Å². The van der Waals surface area contributed by atoms with Crippen LogP contribution in [-0.2, 0) is 19.0 Å². The molecule has 0 aliphatic carbocycles. The van der Waals surface area contributed by atoms with E-state index in [1.54, 1.807) is 20.8 Å². The highest BCUT2D eigenvalue weighted by atomic mass is 16.8. The summed E-state index contributed by atoms with van der Waals surface area (Å²) in [7, 11) is 1.46. The van der Waals surface area contributed by atoms with E-state index in [4.69, 9.17) is 19.3 Å². The molecule has 0 aromatic carbocycles. The van der Waals surface area contributed by atoms with Gasteiger partial charge in [-0.25, -0.2) is 4.79 Å². The lowest BCUT2D eigenvalue weighted by Crippen LogP contribution is -2.34. The molecule has 0 spiro atoms. The molecule has 5 nitrogen and oxygen atoms in total. The molecule has 1 unspecified atom stereocenters. The van der Waals surface area contributed by atoms with Gasteiger partial charge in [0.2, 0.25) is 0 Å². The molecule has 94 valence electrons. The SMILES string of the molecule is CCOC(OC)OC(C)(C)C(C)=CC(=O)O. The van der Waals surface area contributed by atoms with Crippen molar-refractivity contribution in [3.05, 3.63) is 11.6 Å². The Bertz CT molecular complexity index is 257. The molecule has 0 aliphatic rings. The summed E-state index contributed by atoms with van der Waals surface area (Å²) in [6, 6.07) is 0. The summed E-state index contributed by atoms with van der Waals surface area (Å²) in [5, 5.41) is 8.65. The van der Waals surface area contributed by atoms with Gasteiger partial charge in [0, 0.05) is 19.8 Å². The minimum atomic E-state index is -1.00. The third-order valence-electron chi connectivity index (χ3n) is 2.18. The second-order valence-corrected chi connectivity index (χ2v) is 3.77. The fraction of sp³-hybridized carbons (Fsp3) is 0.727. The van der Waals surface area contributed by atoms with Crippen molar-refractivity contribution >= 4 is 5.97 Å². The largest absolute Gasteiger partial charge is 0.478 e. The zero-order valence-electron chi connectivity index (χ0n) is 10.4. The highest BCUT2D eigenvalue weighted by Gasteiger charge is 2.26. The van der Waals surface area contributed by atoms with Crippen molar-refractivity contribution in [3.63, 3.8) is 0 Å². The summed E-state index contributed by atoms with van der Waals surface area (Å²) >= 11 is 0. The van der Waals surface area contributed by atoms with E-state index >= 15 is 0 Å². The van der Waals surface area contributed by atoms with Crippen LogP contribution in [0.2, 0.25) is 0 Å². The minimum absolute atomic E-state index is 0.455. The van der Waals surface area contributed by atoms with E-state index in [0.29, 0.717) is 12.2 Å². The Kier molecular flexibility index (Phi) is 6.25. The molecule has 16 heavy (non-hydrogen) atoms. The summed E-state index contributed by atoms with van der Waals surface area (Å²) in [6.45, 7) is 6.68. The number of carbonyl (C=O) groups is 1. The molecule has 0 bridgehead atoms. The van der Waals surface area contributed by atoms with Crippen LogP contribution >= 0.6 is 0 Å². The molecule has 0 saturated heterocycles. The Hall–Kier alpha value is -0.910. The third-order valence-corrected chi connectivity index (χ3v) is 2.18. The quantitative estimate of drug-likeness (QED) is 0.535. The Morgan fingerprint density at radius 3 is 2.44 bits per heavy atom. The molecule has 0 fully saturated rings. The molecule has 0 rings (SSSR count). The molecular weight excluding hydrogens is 212 g/mol. The molecule has 5 heteroatoms. The molecule has 0 aromatic heterocycles. The molecule has 0 heterocycles. The summed E-state index contributed by atoms with van der Waals surface area (Å²) in [5.41, 5.74) is -0.171. The maximum Gasteiger partial charge on any atom is 0.328 e. The van der Waals surface area contributed by atoms with Crippen molar-refractivity contribution in [3.8, 4) is 0 Å². The number of carboxylic acids is 1. The predicted octanol–water partition coefficient (Wildman–Crippen LogP) is 1.78. The van der Waals surface area contributed by atoms with E-state index in [1.807, 2.05) is 6.92 Å². The Balaban J connectivity index is 4.59. The zero-order valence-corrected chi connectivity index (χ0v) is 10.4. The first-order valence-electron chi connectivity index (χ1n) is 5.07. The Morgan fingerprint density at radius 1 is 1.50 bits per heavy atom. The van der Waals surface area contributed by atoms with Gasteiger partial charge >= 0.3 is 5.97 Å². The zero-order chi connectivity index (χ0) is 12.8. The monoisotopic (exact) mass is 232 g/mol. The molecular formula is C11H20O5. The second kappa shape index (κ2) is 6.62. The van der Waals surface area contributed by atoms with Gasteiger partial charge in [-0.15, -0.1) is 0 Å². The van der Waals surface area contributed by atoms with Crippen LogP contribution in [-0.4, -0.2) is 36.9 Å². The van der Waals surface area contributed by atoms with Crippen molar-refractivity contribution in [2.75, 3.05) is 13.7 Å². The van der Waals surface area contributed by atoms with Gasteiger partial charge < -0.3 is 19.3 Å². The van der Waals surface area contributed by atoms with Crippen molar-refractivity contribution < 1.29 is 24.1 Å². The predicted molar refractivity (Wildman–Crippen MR) is 59.0 cm³/mol. The average molecular weight is 232 g/mol. The third kappa shape index (κ3) is 5.25. The van der Waals surface area contributed by atoms with E-state index in [1.165, 1.54) is 7.11 Å². The molecule has 0 amide bonds. The van der Waals surface area contributed by atoms with Crippen LogP contribution < -0.4 is 0 Å². The van der Waals surface area contributed by atoms with Crippen LogP contribution in [0.25, 0.3) is 0 Å². The lowest BCUT2D eigenvalue weighted by Gasteiger charge is -2.30. The number of methoxy groups -OCH3 is 1. The van der Waals surface area contributed by atoms with Crippen LogP contribution in [0, 0.1) is 0 Å². The standard InChI is InChI=1S/C11H20O5/c1-6-15-10(14-5)16-11(3,4)8(2)7-9(12)13/h7,10H,6H2,1-5H3,(H,12,13). The van der Waals surface area contributed by atoms with E-state index in [-0.39, 0.29) is 0 Å². The van der Waals surface area contributed by atoms with Gasteiger partial charge in [-0.05, 0) is 33.3 Å². The number of ether oxygens (including phenoxy) is 3. The summed E-state index contributed by atoms with van der Waals surface area (Å²) in [6.07, 6.45) is 1.11. The van der Waals surface area contributed by atoms with Gasteiger partial charge in [0.25, 0.3) is 6.48 Å². The first kappa shape index (κ1) is 15.1. The molecule has 0 radical (unpaired) electrons. The normalized spacial score (nSPS) is 14.9. The van der Waals surface area contributed by atoms with E-state index in [0.717, 1.165) is 6.08 Å². The first-order chi connectivity index (χ1) is 7.33. The Morgan fingerprint density at radius 2 is 2.06 bits per heavy atom. The number of carboxylic acid groups (broad SMARTS) is 1. The molecule has 0 saturated carbocycles. The number of hydrogen-bond donors (Lipinski definition) is 1. The molecule has 1 N–H and O–H groups in total. The smallest absolute Gasteiger partial charge is 0.328 e. The van der Waals surface area contributed by atoms with E-state index < -0.39 is 18.0 Å². The van der Waals surface area contributed by atoms with Crippen molar-refractivity contribution in [2.45, 2.75) is 39.8 Å². The number of aliphatic carboxylic acids is 1. The topological polar surface area (TPSA) is 65.0 Å². The van der Waals surface area contributed by atoms with E-state index in [2.05, 4.69) is 0 Å². The molecule has 0 aromatic rings. The lowest BCUT2D eigenvalue weighted by atomic mass is 9.99. The fourth-order valence-electron chi connectivity index (χ4n) is 0.979. The number of rotatable bonds is 7. The van der Waals surface area contributed by atoms with E-state index in [9.17, 15) is 4.79 Å². The van der Waals surface area contributed by atoms with Gasteiger partial charge in [-0.1, -0.05) is 0 Å². The van der Waals surface area contributed by atoms with Gasteiger partial charge in [0.05, 0.1) is 5.60 Å². The first-order valence-corrected chi connectivity index (χ1v) is 5.07. The van der Waals surface area contributed by atoms with Crippen molar-refractivity contribution in [2.24, 2.45) is 0 Å². The summed E-state index contributed by atoms with van der Waals surface area (Å²) in [5.74, 6) is -1.00. The maximum absolute atomic E-state index is 10.5. The lowest BCUT2D eigenvalue weighted by molar-refractivity contribution is -0.304.